The van der Waals surface area contributed by atoms with Gasteiger partial charge in [-0.1, -0.05) is 0 Å². The molecule has 0 spiro atoms. The van der Waals surface area contributed by atoms with E-state index in [2.05, 4.69) is 22.9 Å². The molecule has 2 saturated heterocycles. The second kappa shape index (κ2) is 5.61. The van der Waals surface area contributed by atoms with Crippen molar-refractivity contribution in [1.29, 1.82) is 0 Å². The summed E-state index contributed by atoms with van der Waals surface area (Å²) in [5, 5.41) is 9.52. The Balaban J connectivity index is 1.67. The first-order valence-corrected chi connectivity index (χ1v) is 6.08. The summed E-state index contributed by atoms with van der Waals surface area (Å²) in [6.45, 7) is 6.04. The van der Waals surface area contributed by atoms with E-state index in [0.29, 0.717) is 18.5 Å². The molecule has 0 radical (unpaired) electrons. The molecule has 0 bridgehead atoms. The second-order valence-electron chi connectivity index (χ2n) is 4.74. The molecular weight excluding hydrogens is 206 g/mol. The molecule has 3 unspecified atom stereocenters. The van der Waals surface area contributed by atoms with E-state index < -0.39 is 0 Å². The van der Waals surface area contributed by atoms with Crippen molar-refractivity contribution in [1.82, 2.24) is 16.0 Å². The highest BCUT2D eigenvalue weighted by molar-refractivity contribution is 5.82. The largest absolute Gasteiger partial charge is 0.381 e. The topological polar surface area (TPSA) is 62.4 Å². The molecule has 16 heavy (non-hydrogen) atoms. The molecule has 0 aromatic heterocycles. The molecule has 3 atom stereocenters. The van der Waals surface area contributed by atoms with Crippen LogP contribution in [-0.4, -0.2) is 50.8 Å². The predicted molar refractivity (Wildman–Crippen MR) is 61.2 cm³/mol. The zero-order chi connectivity index (χ0) is 11.4. The fourth-order valence-electron chi connectivity index (χ4n) is 2.08. The normalized spacial score (nSPS) is 34.9. The Bertz CT molecular complexity index is 233. The van der Waals surface area contributed by atoms with E-state index >= 15 is 0 Å². The number of carbonyl (C=O) groups is 1. The average molecular weight is 227 g/mol. The van der Waals surface area contributed by atoms with Gasteiger partial charge in [-0.05, 0) is 13.3 Å². The third-order valence-corrected chi connectivity index (χ3v) is 3.25. The molecule has 5 heteroatoms. The molecule has 2 aliphatic rings. The molecule has 1 amide bonds. The first kappa shape index (κ1) is 11.8. The fourth-order valence-corrected chi connectivity index (χ4v) is 2.08. The smallest absolute Gasteiger partial charge is 0.238 e. The van der Waals surface area contributed by atoms with Crippen LogP contribution in [0.1, 0.15) is 13.3 Å². The number of carbonyl (C=O) groups excluding carboxylic acids is 1. The lowest BCUT2D eigenvalue weighted by Gasteiger charge is -2.28. The van der Waals surface area contributed by atoms with Gasteiger partial charge in [0.05, 0.1) is 12.6 Å². The van der Waals surface area contributed by atoms with Gasteiger partial charge < -0.3 is 20.7 Å². The summed E-state index contributed by atoms with van der Waals surface area (Å²) >= 11 is 0. The fraction of sp³-hybridized carbons (Fsp3) is 0.909. The van der Waals surface area contributed by atoms with Crippen molar-refractivity contribution in [2.75, 3.05) is 32.8 Å². The Morgan fingerprint density at radius 3 is 2.94 bits per heavy atom. The maximum absolute atomic E-state index is 11.8. The van der Waals surface area contributed by atoms with Crippen LogP contribution < -0.4 is 16.0 Å². The van der Waals surface area contributed by atoms with Crippen LogP contribution in [0, 0.1) is 5.92 Å². The molecule has 2 rings (SSSR count). The van der Waals surface area contributed by atoms with E-state index in [4.69, 9.17) is 4.74 Å². The molecule has 0 saturated carbocycles. The Labute approximate surface area is 96.3 Å². The minimum absolute atomic E-state index is 0.0847. The minimum atomic E-state index is -0.0847. The number of piperazine rings is 1. The van der Waals surface area contributed by atoms with Crippen LogP contribution in [0.4, 0.5) is 0 Å². The highest BCUT2D eigenvalue weighted by Gasteiger charge is 2.24. The molecule has 2 heterocycles. The van der Waals surface area contributed by atoms with Crippen LogP contribution in [0.3, 0.4) is 0 Å². The summed E-state index contributed by atoms with van der Waals surface area (Å²) in [5.41, 5.74) is 0. The van der Waals surface area contributed by atoms with E-state index in [1.165, 1.54) is 0 Å². The van der Waals surface area contributed by atoms with Gasteiger partial charge in [-0.25, -0.2) is 0 Å². The third-order valence-electron chi connectivity index (χ3n) is 3.25. The van der Waals surface area contributed by atoms with Crippen LogP contribution in [0.5, 0.6) is 0 Å². The van der Waals surface area contributed by atoms with E-state index in [0.717, 1.165) is 32.7 Å². The standard InChI is InChI=1S/C11H21N3O2/c1-8-4-13-10(6-12-8)11(15)14-5-9-2-3-16-7-9/h8-10,12-13H,2-7H2,1H3,(H,14,15). The van der Waals surface area contributed by atoms with E-state index in [9.17, 15) is 4.79 Å². The Morgan fingerprint density at radius 2 is 2.31 bits per heavy atom. The van der Waals surface area contributed by atoms with Gasteiger partial charge in [0.25, 0.3) is 0 Å². The summed E-state index contributed by atoms with van der Waals surface area (Å²) in [6, 6.07) is 0.366. The van der Waals surface area contributed by atoms with Gasteiger partial charge in [-0.15, -0.1) is 0 Å². The molecule has 2 aliphatic heterocycles. The van der Waals surface area contributed by atoms with Crippen molar-refractivity contribution in [3.63, 3.8) is 0 Å². The third kappa shape index (κ3) is 3.17. The van der Waals surface area contributed by atoms with Gasteiger partial charge in [0.15, 0.2) is 0 Å². The minimum Gasteiger partial charge on any atom is -0.381 e. The lowest BCUT2D eigenvalue weighted by molar-refractivity contribution is -0.123. The van der Waals surface area contributed by atoms with Gasteiger partial charge in [0.2, 0.25) is 5.91 Å². The molecule has 0 aromatic carbocycles. The van der Waals surface area contributed by atoms with Crippen molar-refractivity contribution < 1.29 is 9.53 Å². The summed E-state index contributed by atoms with van der Waals surface area (Å²) in [5.74, 6) is 0.603. The number of amides is 1. The average Bonchev–Trinajstić information content (AvgIpc) is 2.80. The number of ether oxygens (including phenoxy) is 1. The molecule has 92 valence electrons. The lowest BCUT2D eigenvalue weighted by Crippen LogP contribution is -2.59. The molecule has 5 nitrogen and oxygen atoms in total. The van der Waals surface area contributed by atoms with E-state index in [1.54, 1.807) is 0 Å². The van der Waals surface area contributed by atoms with Gasteiger partial charge in [-0.2, -0.15) is 0 Å². The van der Waals surface area contributed by atoms with Crippen LogP contribution in [-0.2, 0) is 9.53 Å². The highest BCUT2D eigenvalue weighted by Crippen LogP contribution is 2.10. The lowest BCUT2D eigenvalue weighted by atomic mass is 10.1. The Hall–Kier alpha value is -0.650. The van der Waals surface area contributed by atoms with Crippen molar-refractivity contribution in [2.24, 2.45) is 5.92 Å². The highest BCUT2D eigenvalue weighted by atomic mass is 16.5. The van der Waals surface area contributed by atoms with Crippen LogP contribution in [0.2, 0.25) is 0 Å². The maximum Gasteiger partial charge on any atom is 0.238 e. The number of rotatable bonds is 3. The zero-order valence-corrected chi connectivity index (χ0v) is 9.79. The summed E-state index contributed by atoms with van der Waals surface area (Å²) in [6.07, 6.45) is 1.06. The first-order valence-electron chi connectivity index (χ1n) is 6.08. The predicted octanol–water partition coefficient (Wildman–Crippen LogP) is -0.911. The van der Waals surface area contributed by atoms with Crippen molar-refractivity contribution in [3.8, 4) is 0 Å². The molecular formula is C11H21N3O2. The number of hydrogen-bond donors (Lipinski definition) is 3. The summed E-state index contributed by atoms with van der Waals surface area (Å²) < 4.78 is 5.27. The SMILES string of the molecule is CC1CNC(C(=O)NCC2CCOC2)CN1. The van der Waals surface area contributed by atoms with Gasteiger partial charge in [0, 0.05) is 38.2 Å². The van der Waals surface area contributed by atoms with Gasteiger partial charge >= 0.3 is 0 Å². The van der Waals surface area contributed by atoms with Crippen molar-refractivity contribution in [3.05, 3.63) is 0 Å². The monoisotopic (exact) mass is 227 g/mol. The first-order chi connectivity index (χ1) is 7.75. The number of hydrogen-bond acceptors (Lipinski definition) is 4. The van der Waals surface area contributed by atoms with Crippen molar-refractivity contribution in [2.45, 2.75) is 25.4 Å². The zero-order valence-electron chi connectivity index (χ0n) is 9.79. The quantitative estimate of drug-likeness (QED) is 0.584. The second-order valence-corrected chi connectivity index (χ2v) is 4.74. The molecule has 3 N–H and O–H groups in total. The molecule has 0 aromatic rings. The van der Waals surface area contributed by atoms with Crippen molar-refractivity contribution >= 4 is 5.91 Å². The maximum atomic E-state index is 11.8. The molecule has 0 aliphatic carbocycles. The summed E-state index contributed by atoms with van der Waals surface area (Å²) in [7, 11) is 0. The van der Waals surface area contributed by atoms with E-state index in [-0.39, 0.29) is 11.9 Å². The molecule has 2 fully saturated rings. The van der Waals surface area contributed by atoms with Crippen LogP contribution in [0.15, 0.2) is 0 Å². The van der Waals surface area contributed by atoms with E-state index in [1.807, 2.05) is 0 Å². The van der Waals surface area contributed by atoms with Gasteiger partial charge in [0.1, 0.15) is 0 Å². The van der Waals surface area contributed by atoms with Crippen LogP contribution >= 0.6 is 0 Å². The summed E-state index contributed by atoms with van der Waals surface area (Å²) in [4.78, 5) is 11.8. The Kier molecular flexibility index (Phi) is 4.15. The number of nitrogens with one attached hydrogen (secondary N) is 3. The Morgan fingerprint density at radius 1 is 1.44 bits per heavy atom. The van der Waals surface area contributed by atoms with Gasteiger partial charge in [-0.3, -0.25) is 4.79 Å². The van der Waals surface area contributed by atoms with Crippen LogP contribution in [0.25, 0.3) is 0 Å².